The third kappa shape index (κ3) is 1.89. The van der Waals surface area contributed by atoms with Crippen molar-refractivity contribution in [3.63, 3.8) is 0 Å². The van der Waals surface area contributed by atoms with Crippen LogP contribution in [0.3, 0.4) is 0 Å². The molecule has 2 fully saturated rings. The Labute approximate surface area is 84.2 Å². The predicted octanol–water partition coefficient (Wildman–Crippen LogP) is 2.01. The van der Waals surface area contributed by atoms with E-state index in [0.717, 1.165) is 12.1 Å². The summed E-state index contributed by atoms with van der Waals surface area (Å²) in [7, 11) is 2.21. The highest BCUT2D eigenvalue weighted by Gasteiger charge is 2.38. The molecule has 0 aromatic carbocycles. The van der Waals surface area contributed by atoms with Gasteiger partial charge in [0, 0.05) is 18.5 Å². The normalized spacial score (nSPS) is 39.4. The number of nitrogens with zero attached hydrogens (tertiary/aromatic N) is 1. The van der Waals surface area contributed by atoms with Crippen molar-refractivity contribution in [1.29, 1.82) is 0 Å². The summed E-state index contributed by atoms with van der Waals surface area (Å²) < 4.78 is 0. The van der Waals surface area contributed by atoms with Gasteiger partial charge in [-0.05, 0) is 50.2 Å². The van der Waals surface area contributed by atoms with Gasteiger partial charge in [-0.3, -0.25) is 4.79 Å². The number of rotatable bonds is 2. The minimum Gasteiger partial charge on any atom is -0.300 e. The smallest absolute Gasteiger partial charge is 0.221 e. The highest BCUT2D eigenvalue weighted by molar-refractivity contribution is 6.63. The Morgan fingerprint density at radius 3 is 2.38 bits per heavy atom. The SMILES string of the molecule is CN1C2CCC1CC(CC(=O)Cl)C2. The van der Waals surface area contributed by atoms with Gasteiger partial charge in [-0.1, -0.05) is 0 Å². The van der Waals surface area contributed by atoms with Gasteiger partial charge in [0.05, 0.1) is 0 Å². The molecule has 0 N–H and O–H groups in total. The average molecular weight is 202 g/mol. The summed E-state index contributed by atoms with van der Waals surface area (Å²) in [6.45, 7) is 0. The molecule has 0 radical (unpaired) electrons. The Bertz CT molecular complexity index is 205. The summed E-state index contributed by atoms with van der Waals surface area (Å²) in [5.41, 5.74) is 0. The van der Waals surface area contributed by atoms with Gasteiger partial charge < -0.3 is 4.90 Å². The Morgan fingerprint density at radius 1 is 1.38 bits per heavy atom. The molecule has 2 atom stereocenters. The quantitative estimate of drug-likeness (QED) is 0.638. The first kappa shape index (κ1) is 9.47. The van der Waals surface area contributed by atoms with Crippen LogP contribution in [0.1, 0.15) is 32.1 Å². The molecule has 0 aliphatic carbocycles. The van der Waals surface area contributed by atoms with Crippen LogP contribution in [0.5, 0.6) is 0 Å². The predicted molar refractivity (Wildman–Crippen MR) is 52.8 cm³/mol. The maximum absolute atomic E-state index is 10.8. The molecule has 2 saturated heterocycles. The fourth-order valence-corrected chi connectivity index (χ4v) is 3.14. The number of halogens is 1. The van der Waals surface area contributed by atoms with Crippen molar-refractivity contribution in [3.05, 3.63) is 0 Å². The van der Waals surface area contributed by atoms with Gasteiger partial charge in [0.25, 0.3) is 0 Å². The van der Waals surface area contributed by atoms with Crippen molar-refractivity contribution in [1.82, 2.24) is 4.90 Å². The average Bonchev–Trinajstić information content (AvgIpc) is 2.33. The van der Waals surface area contributed by atoms with Crippen LogP contribution in [0.25, 0.3) is 0 Å². The molecule has 2 heterocycles. The maximum atomic E-state index is 10.8. The molecule has 74 valence electrons. The lowest BCUT2D eigenvalue weighted by atomic mass is 9.89. The van der Waals surface area contributed by atoms with Crippen molar-refractivity contribution in [3.8, 4) is 0 Å². The monoisotopic (exact) mass is 201 g/mol. The van der Waals surface area contributed by atoms with Gasteiger partial charge in [-0.25, -0.2) is 0 Å². The summed E-state index contributed by atoms with van der Waals surface area (Å²) in [6.07, 6.45) is 5.56. The van der Waals surface area contributed by atoms with Crippen molar-refractivity contribution in [2.45, 2.75) is 44.2 Å². The number of hydrogen-bond donors (Lipinski definition) is 0. The van der Waals surface area contributed by atoms with Crippen LogP contribution >= 0.6 is 11.6 Å². The molecule has 2 unspecified atom stereocenters. The van der Waals surface area contributed by atoms with E-state index in [1.165, 1.54) is 25.7 Å². The second-order valence-electron chi connectivity index (χ2n) is 4.45. The van der Waals surface area contributed by atoms with Crippen LogP contribution in [0.15, 0.2) is 0 Å². The van der Waals surface area contributed by atoms with Gasteiger partial charge in [0.15, 0.2) is 0 Å². The molecule has 0 amide bonds. The number of carbonyl (C=O) groups excluding carboxylic acids is 1. The lowest BCUT2D eigenvalue weighted by Crippen LogP contribution is -2.40. The molecular weight excluding hydrogens is 186 g/mol. The van der Waals surface area contributed by atoms with Crippen LogP contribution in [-0.2, 0) is 4.79 Å². The lowest BCUT2D eigenvalue weighted by Gasteiger charge is -2.35. The molecular formula is C10H16ClNO. The number of carbonyl (C=O) groups is 1. The van der Waals surface area contributed by atoms with Gasteiger partial charge in [-0.2, -0.15) is 0 Å². The first-order chi connectivity index (χ1) is 6.16. The van der Waals surface area contributed by atoms with E-state index in [1.807, 2.05) is 0 Å². The molecule has 2 bridgehead atoms. The standard InChI is InChI=1S/C10H16ClNO/c1-12-8-2-3-9(12)5-7(4-8)6-10(11)13/h7-9H,2-6H2,1H3. The second-order valence-corrected chi connectivity index (χ2v) is 4.87. The summed E-state index contributed by atoms with van der Waals surface area (Å²) in [4.78, 5) is 13.3. The van der Waals surface area contributed by atoms with Crippen LogP contribution < -0.4 is 0 Å². The van der Waals surface area contributed by atoms with Crippen LogP contribution in [0.4, 0.5) is 0 Å². The lowest BCUT2D eigenvalue weighted by molar-refractivity contribution is -0.113. The molecule has 2 rings (SSSR count). The van der Waals surface area contributed by atoms with Crippen molar-refractivity contribution in [2.24, 2.45) is 5.92 Å². The molecule has 0 aromatic heterocycles. The minimum atomic E-state index is -0.158. The number of piperidine rings is 1. The van der Waals surface area contributed by atoms with Crippen LogP contribution in [0, 0.1) is 5.92 Å². The molecule has 2 nitrogen and oxygen atoms in total. The van der Waals surface area contributed by atoms with Crippen molar-refractivity contribution >= 4 is 16.8 Å². The van der Waals surface area contributed by atoms with Gasteiger partial charge >= 0.3 is 0 Å². The minimum absolute atomic E-state index is 0.158. The van der Waals surface area contributed by atoms with E-state index in [4.69, 9.17) is 11.6 Å². The first-order valence-electron chi connectivity index (χ1n) is 5.07. The molecule has 0 saturated carbocycles. The zero-order valence-corrected chi connectivity index (χ0v) is 8.76. The summed E-state index contributed by atoms with van der Waals surface area (Å²) in [5.74, 6) is 0.554. The molecule has 0 aromatic rings. The number of hydrogen-bond acceptors (Lipinski definition) is 2. The van der Waals surface area contributed by atoms with E-state index in [1.54, 1.807) is 0 Å². The molecule has 0 spiro atoms. The van der Waals surface area contributed by atoms with E-state index in [-0.39, 0.29) is 5.24 Å². The van der Waals surface area contributed by atoms with E-state index < -0.39 is 0 Å². The largest absolute Gasteiger partial charge is 0.300 e. The molecule has 2 aliphatic rings. The fraction of sp³-hybridized carbons (Fsp3) is 0.900. The first-order valence-corrected chi connectivity index (χ1v) is 5.45. The second kappa shape index (κ2) is 3.58. The Morgan fingerprint density at radius 2 is 1.92 bits per heavy atom. The van der Waals surface area contributed by atoms with Crippen LogP contribution in [-0.4, -0.2) is 29.3 Å². The Kier molecular flexibility index (Phi) is 2.61. The molecule has 13 heavy (non-hydrogen) atoms. The van der Waals surface area contributed by atoms with Gasteiger partial charge in [0.1, 0.15) is 0 Å². The summed E-state index contributed by atoms with van der Waals surface area (Å²) in [6, 6.07) is 1.44. The Balaban J connectivity index is 1.95. The maximum Gasteiger partial charge on any atom is 0.221 e. The third-order valence-electron chi connectivity index (χ3n) is 3.65. The highest BCUT2D eigenvalue weighted by atomic mass is 35.5. The van der Waals surface area contributed by atoms with E-state index in [2.05, 4.69) is 11.9 Å². The zero-order chi connectivity index (χ0) is 9.42. The summed E-state index contributed by atoms with van der Waals surface area (Å²) in [5, 5.41) is -0.158. The molecule has 3 heteroatoms. The molecule has 2 aliphatic heterocycles. The zero-order valence-electron chi connectivity index (χ0n) is 8.00. The summed E-state index contributed by atoms with van der Waals surface area (Å²) >= 11 is 5.41. The van der Waals surface area contributed by atoms with Crippen molar-refractivity contribution < 1.29 is 4.79 Å². The fourth-order valence-electron chi connectivity index (χ4n) is 2.92. The van der Waals surface area contributed by atoms with E-state index in [9.17, 15) is 4.79 Å². The van der Waals surface area contributed by atoms with E-state index in [0.29, 0.717) is 12.3 Å². The van der Waals surface area contributed by atoms with Gasteiger partial charge in [-0.15, -0.1) is 0 Å². The topological polar surface area (TPSA) is 20.3 Å². The van der Waals surface area contributed by atoms with E-state index >= 15 is 0 Å². The van der Waals surface area contributed by atoms with Crippen LogP contribution in [0.2, 0.25) is 0 Å². The Hall–Kier alpha value is -0.0800. The highest BCUT2D eigenvalue weighted by Crippen LogP contribution is 2.38. The number of fused-ring (bicyclic) bond motifs is 2. The van der Waals surface area contributed by atoms with Gasteiger partial charge in [0.2, 0.25) is 5.24 Å². The third-order valence-corrected chi connectivity index (χ3v) is 3.80. The van der Waals surface area contributed by atoms with Crippen molar-refractivity contribution in [2.75, 3.05) is 7.05 Å².